The Morgan fingerprint density at radius 1 is 1.41 bits per heavy atom. The SMILES string of the molecule is CC(C)(N)CS(=O)(=O)Cc1ccc(Cl)c(F)c1. The van der Waals surface area contributed by atoms with Crippen LogP contribution in [0.25, 0.3) is 0 Å². The Kier molecular flexibility index (Phi) is 4.17. The van der Waals surface area contributed by atoms with E-state index in [0.717, 1.165) is 6.07 Å². The minimum atomic E-state index is -3.36. The van der Waals surface area contributed by atoms with Crippen LogP contribution in [0, 0.1) is 5.82 Å². The maximum atomic E-state index is 13.1. The van der Waals surface area contributed by atoms with Gasteiger partial charge in [-0.3, -0.25) is 0 Å². The predicted molar refractivity (Wildman–Crippen MR) is 67.2 cm³/mol. The zero-order chi connectivity index (χ0) is 13.3. The highest BCUT2D eigenvalue weighted by atomic mass is 35.5. The number of sulfone groups is 1. The summed E-state index contributed by atoms with van der Waals surface area (Å²) in [4.78, 5) is 0. The lowest BCUT2D eigenvalue weighted by Crippen LogP contribution is -2.40. The van der Waals surface area contributed by atoms with Gasteiger partial charge in [0.2, 0.25) is 0 Å². The summed E-state index contributed by atoms with van der Waals surface area (Å²) < 4.78 is 36.7. The second-order valence-electron chi connectivity index (χ2n) is 4.77. The molecule has 0 spiro atoms. The molecule has 0 aliphatic rings. The zero-order valence-electron chi connectivity index (χ0n) is 9.70. The van der Waals surface area contributed by atoms with Gasteiger partial charge >= 0.3 is 0 Å². The van der Waals surface area contributed by atoms with Crippen LogP contribution >= 0.6 is 11.6 Å². The van der Waals surface area contributed by atoms with E-state index in [-0.39, 0.29) is 16.5 Å². The minimum Gasteiger partial charge on any atom is -0.325 e. The van der Waals surface area contributed by atoms with Crippen molar-refractivity contribution in [2.24, 2.45) is 5.73 Å². The molecule has 3 nitrogen and oxygen atoms in total. The summed E-state index contributed by atoms with van der Waals surface area (Å²) in [6, 6.07) is 3.96. The molecule has 1 rings (SSSR count). The third-order valence-electron chi connectivity index (χ3n) is 1.96. The Morgan fingerprint density at radius 3 is 2.47 bits per heavy atom. The van der Waals surface area contributed by atoms with Crippen LogP contribution in [-0.4, -0.2) is 19.7 Å². The van der Waals surface area contributed by atoms with E-state index >= 15 is 0 Å². The molecular formula is C11H15ClFNO2S. The maximum absolute atomic E-state index is 13.1. The van der Waals surface area contributed by atoms with Gasteiger partial charge in [-0.1, -0.05) is 17.7 Å². The van der Waals surface area contributed by atoms with Crippen molar-refractivity contribution in [2.75, 3.05) is 5.75 Å². The van der Waals surface area contributed by atoms with Gasteiger partial charge in [0.05, 0.1) is 16.5 Å². The van der Waals surface area contributed by atoms with E-state index in [2.05, 4.69) is 0 Å². The lowest BCUT2D eigenvalue weighted by Gasteiger charge is -2.18. The number of nitrogens with two attached hydrogens (primary N) is 1. The Bertz CT molecular complexity index is 509. The largest absolute Gasteiger partial charge is 0.325 e. The van der Waals surface area contributed by atoms with E-state index < -0.39 is 21.2 Å². The first-order valence-electron chi connectivity index (χ1n) is 5.02. The molecule has 0 fully saturated rings. The van der Waals surface area contributed by atoms with Crippen molar-refractivity contribution in [2.45, 2.75) is 25.1 Å². The standard InChI is InChI=1S/C11H15ClFNO2S/c1-11(2,14)7-17(15,16)6-8-3-4-9(12)10(13)5-8/h3-5H,6-7,14H2,1-2H3. The van der Waals surface area contributed by atoms with Crippen molar-refractivity contribution >= 4 is 21.4 Å². The molecule has 0 aromatic heterocycles. The van der Waals surface area contributed by atoms with Crippen molar-refractivity contribution in [3.05, 3.63) is 34.6 Å². The Labute approximate surface area is 106 Å². The molecule has 1 aromatic rings. The normalized spacial score (nSPS) is 12.8. The van der Waals surface area contributed by atoms with Gasteiger partial charge in [0.15, 0.2) is 9.84 Å². The van der Waals surface area contributed by atoms with Crippen LogP contribution in [0.3, 0.4) is 0 Å². The highest BCUT2D eigenvalue weighted by molar-refractivity contribution is 7.90. The first-order chi connectivity index (χ1) is 7.59. The summed E-state index contributed by atoms with van der Waals surface area (Å²) in [6.07, 6.45) is 0. The molecule has 0 saturated heterocycles. The van der Waals surface area contributed by atoms with Gasteiger partial charge in [-0.05, 0) is 31.5 Å². The smallest absolute Gasteiger partial charge is 0.156 e. The van der Waals surface area contributed by atoms with Crippen molar-refractivity contribution in [1.29, 1.82) is 0 Å². The van der Waals surface area contributed by atoms with Gasteiger partial charge in [0.25, 0.3) is 0 Å². The van der Waals surface area contributed by atoms with Gasteiger partial charge < -0.3 is 5.73 Å². The van der Waals surface area contributed by atoms with Gasteiger partial charge in [0, 0.05) is 5.54 Å². The lowest BCUT2D eigenvalue weighted by molar-refractivity contribution is 0.544. The van der Waals surface area contributed by atoms with E-state index in [1.54, 1.807) is 13.8 Å². The Morgan fingerprint density at radius 2 is 2.00 bits per heavy atom. The summed E-state index contributed by atoms with van der Waals surface area (Å²) in [7, 11) is -3.36. The van der Waals surface area contributed by atoms with Gasteiger partial charge in [-0.25, -0.2) is 12.8 Å². The molecule has 0 saturated carbocycles. The van der Waals surface area contributed by atoms with E-state index in [9.17, 15) is 12.8 Å². The molecule has 0 heterocycles. The van der Waals surface area contributed by atoms with E-state index in [1.165, 1.54) is 12.1 Å². The second kappa shape index (κ2) is 4.92. The van der Waals surface area contributed by atoms with E-state index in [4.69, 9.17) is 17.3 Å². The van der Waals surface area contributed by atoms with E-state index in [0.29, 0.717) is 5.56 Å². The van der Waals surface area contributed by atoms with Crippen LogP contribution in [0.5, 0.6) is 0 Å². The topological polar surface area (TPSA) is 60.2 Å². The van der Waals surface area contributed by atoms with Crippen molar-refractivity contribution < 1.29 is 12.8 Å². The number of hydrogen-bond donors (Lipinski definition) is 1. The third kappa shape index (κ3) is 5.02. The lowest BCUT2D eigenvalue weighted by atomic mass is 10.1. The first-order valence-corrected chi connectivity index (χ1v) is 7.22. The average Bonchev–Trinajstić information content (AvgIpc) is 2.06. The highest BCUT2D eigenvalue weighted by Gasteiger charge is 2.22. The van der Waals surface area contributed by atoms with Gasteiger partial charge in [-0.2, -0.15) is 0 Å². The number of hydrogen-bond acceptors (Lipinski definition) is 3. The first kappa shape index (κ1) is 14.4. The summed E-state index contributed by atoms with van der Waals surface area (Å²) >= 11 is 5.51. The van der Waals surface area contributed by atoms with Crippen LogP contribution in [0.4, 0.5) is 4.39 Å². The molecule has 0 radical (unpaired) electrons. The zero-order valence-corrected chi connectivity index (χ0v) is 11.3. The van der Waals surface area contributed by atoms with Crippen molar-refractivity contribution in [3.8, 4) is 0 Å². The fourth-order valence-electron chi connectivity index (χ4n) is 1.50. The molecule has 96 valence electrons. The number of halogens is 2. The van der Waals surface area contributed by atoms with Crippen molar-refractivity contribution in [1.82, 2.24) is 0 Å². The van der Waals surface area contributed by atoms with Crippen LogP contribution < -0.4 is 5.73 Å². The maximum Gasteiger partial charge on any atom is 0.156 e. The van der Waals surface area contributed by atoms with Crippen LogP contribution in [0.1, 0.15) is 19.4 Å². The minimum absolute atomic E-state index is 0.0229. The molecule has 17 heavy (non-hydrogen) atoms. The average molecular weight is 280 g/mol. The number of rotatable bonds is 4. The Hall–Kier alpha value is -0.650. The molecule has 0 aliphatic carbocycles. The van der Waals surface area contributed by atoms with Crippen LogP contribution in [0.2, 0.25) is 5.02 Å². The van der Waals surface area contributed by atoms with Crippen LogP contribution in [0.15, 0.2) is 18.2 Å². The summed E-state index contributed by atoms with van der Waals surface area (Å²) in [5.74, 6) is -1.00. The highest BCUT2D eigenvalue weighted by Crippen LogP contribution is 2.18. The molecule has 0 amide bonds. The molecule has 0 unspecified atom stereocenters. The van der Waals surface area contributed by atoms with Crippen molar-refractivity contribution in [3.63, 3.8) is 0 Å². The van der Waals surface area contributed by atoms with Gasteiger partial charge in [-0.15, -0.1) is 0 Å². The molecule has 0 bridgehead atoms. The summed E-state index contributed by atoms with van der Waals surface area (Å²) in [5.41, 5.74) is 5.22. The molecule has 1 aromatic carbocycles. The summed E-state index contributed by atoms with van der Waals surface area (Å²) in [6.45, 7) is 3.26. The number of benzene rings is 1. The van der Waals surface area contributed by atoms with Gasteiger partial charge in [0.1, 0.15) is 5.82 Å². The molecule has 6 heteroatoms. The third-order valence-corrected chi connectivity index (χ3v) is 4.23. The fraction of sp³-hybridized carbons (Fsp3) is 0.455. The molecule has 0 atom stereocenters. The monoisotopic (exact) mass is 279 g/mol. The molecular weight excluding hydrogens is 265 g/mol. The van der Waals surface area contributed by atoms with Crippen LogP contribution in [-0.2, 0) is 15.6 Å². The molecule has 0 aliphatic heterocycles. The summed E-state index contributed by atoms with van der Waals surface area (Å²) in [5, 5.41) is -0.0229. The Balaban J connectivity index is 2.87. The predicted octanol–water partition coefficient (Wildman–Crippen LogP) is 2.13. The quantitative estimate of drug-likeness (QED) is 0.918. The van der Waals surface area contributed by atoms with E-state index in [1.807, 2.05) is 0 Å². The molecule has 2 N–H and O–H groups in total. The second-order valence-corrected chi connectivity index (χ2v) is 7.24. The fourth-order valence-corrected chi connectivity index (χ4v) is 3.54.